The quantitative estimate of drug-likeness (QED) is 0.468. The molecular formula is C22H19N5O. The topological polar surface area (TPSA) is 52.0 Å². The van der Waals surface area contributed by atoms with Crippen LogP contribution in [0.5, 0.6) is 0 Å². The number of aromatic nitrogens is 4. The van der Waals surface area contributed by atoms with Gasteiger partial charge in [-0.15, -0.1) is 0 Å². The second-order valence-corrected chi connectivity index (χ2v) is 7.35. The van der Waals surface area contributed by atoms with E-state index in [0.717, 1.165) is 36.3 Å². The maximum atomic E-state index is 6.05. The lowest BCUT2D eigenvalue weighted by Crippen LogP contribution is -2.33. The standard InChI is InChI=1S/C22H19N5O/c1-25-9-7-17-12-15(2-4-20(17)25)16-3-5-21-19(13-16)24-22(28-21)26-10-11-27-18(14-26)6-8-23-27/h2-9,12-13H,10-11,14H2,1H3. The molecule has 0 amide bonds. The molecule has 138 valence electrons. The van der Waals surface area contributed by atoms with Crippen molar-refractivity contribution in [3.8, 4) is 11.1 Å². The van der Waals surface area contributed by atoms with Crippen molar-refractivity contribution in [2.24, 2.45) is 7.05 Å². The molecule has 0 bridgehead atoms. The minimum Gasteiger partial charge on any atom is -0.423 e. The molecule has 0 unspecified atom stereocenters. The predicted octanol–water partition coefficient (Wildman–Crippen LogP) is 4.20. The lowest BCUT2D eigenvalue weighted by Gasteiger charge is -2.25. The van der Waals surface area contributed by atoms with Crippen LogP contribution in [-0.2, 0) is 20.1 Å². The molecule has 6 nitrogen and oxygen atoms in total. The number of hydrogen-bond donors (Lipinski definition) is 0. The summed E-state index contributed by atoms with van der Waals surface area (Å²) in [5.74, 6) is 0. The van der Waals surface area contributed by atoms with Gasteiger partial charge in [-0.25, -0.2) is 0 Å². The smallest absolute Gasteiger partial charge is 0.298 e. The number of oxazole rings is 1. The van der Waals surface area contributed by atoms with E-state index in [2.05, 4.69) is 64.2 Å². The SMILES string of the molecule is Cn1ccc2cc(-c3ccc4oc(N5CCn6nccc6C5)nc4c3)ccc21. The van der Waals surface area contributed by atoms with E-state index in [9.17, 15) is 0 Å². The number of benzene rings is 2. The van der Waals surface area contributed by atoms with Crippen LogP contribution in [0, 0.1) is 0 Å². The Labute approximate surface area is 161 Å². The van der Waals surface area contributed by atoms with E-state index < -0.39 is 0 Å². The van der Waals surface area contributed by atoms with Crippen molar-refractivity contribution in [1.82, 2.24) is 19.3 Å². The highest BCUT2D eigenvalue weighted by molar-refractivity contribution is 5.88. The summed E-state index contributed by atoms with van der Waals surface area (Å²) in [7, 11) is 2.07. The highest BCUT2D eigenvalue weighted by Gasteiger charge is 2.21. The third kappa shape index (κ3) is 2.34. The predicted molar refractivity (Wildman–Crippen MR) is 109 cm³/mol. The molecule has 0 saturated carbocycles. The highest BCUT2D eigenvalue weighted by Crippen LogP contribution is 2.30. The van der Waals surface area contributed by atoms with Crippen molar-refractivity contribution in [2.45, 2.75) is 13.1 Å². The Hall–Kier alpha value is -3.54. The van der Waals surface area contributed by atoms with Gasteiger partial charge < -0.3 is 13.9 Å². The van der Waals surface area contributed by atoms with Gasteiger partial charge in [-0.1, -0.05) is 12.1 Å². The molecule has 6 rings (SSSR count). The molecule has 3 aromatic heterocycles. The molecule has 6 heteroatoms. The third-order valence-electron chi connectivity index (χ3n) is 5.60. The third-order valence-corrected chi connectivity index (χ3v) is 5.60. The first-order valence-electron chi connectivity index (χ1n) is 9.46. The van der Waals surface area contributed by atoms with Gasteiger partial charge >= 0.3 is 0 Å². The van der Waals surface area contributed by atoms with Crippen LogP contribution in [0.4, 0.5) is 6.01 Å². The van der Waals surface area contributed by atoms with Crippen LogP contribution in [0.3, 0.4) is 0 Å². The zero-order chi connectivity index (χ0) is 18.7. The lowest BCUT2D eigenvalue weighted by atomic mass is 10.0. The molecular weight excluding hydrogens is 350 g/mol. The normalized spacial score (nSPS) is 14.1. The summed E-state index contributed by atoms with van der Waals surface area (Å²) in [6, 6.07) is 17.7. The van der Waals surface area contributed by atoms with Crippen LogP contribution in [0.1, 0.15) is 5.69 Å². The van der Waals surface area contributed by atoms with Gasteiger partial charge in [0.1, 0.15) is 5.52 Å². The van der Waals surface area contributed by atoms with E-state index in [1.807, 2.05) is 23.0 Å². The average molecular weight is 369 g/mol. The molecule has 0 atom stereocenters. The first-order chi connectivity index (χ1) is 13.7. The van der Waals surface area contributed by atoms with Crippen molar-refractivity contribution in [3.05, 3.63) is 66.6 Å². The van der Waals surface area contributed by atoms with E-state index in [4.69, 9.17) is 9.40 Å². The maximum absolute atomic E-state index is 6.05. The molecule has 0 spiro atoms. The largest absolute Gasteiger partial charge is 0.423 e. The van der Waals surface area contributed by atoms with Gasteiger partial charge in [0.2, 0.25) is 0 Å². The summed E-state index contributed by atoms with van der Waals surface area (Å²) < 4.78 is 10.2. The second kappa shape index (κ2) is 5.73. The first kappa shape index (κ1) is 15.5. The summed E-state index contributed by atoms with van der Waals surface area (Å²) in [4.78, 5) is 6.95. The van der Waals surface area contributed by atoms with E-state index in [0.29, 0.717) is 6.01 Å². The van der Waals surface area contributed by atoms with Crippen LogP contribution in [-0.4, -0.2) is 25.9 Å². The van der Waals surface area contributed by atoms with Crippen LogP contribution in [0.15, 0.2) is 65.3 Å². The molecule has 1 aliphatic heterocycles. The number of nitrogens with zero attached hydrogens (tertiary/aromatic N) is 5. The second-order valence-electron chi connectivity index (χ2n) is 7.35. The minimum atomic E-state index is 0.679. The van der Waals surface area contributed by atoms with E-state index >= 15 is 0 Å². The van der Waals surface area contributed by atoms with Crippen LogP contribution in [0.25, 0.3) is 33.1 Å². The Morgan fingerprint density at radius 1 is 0.964 bits per heavy atom. The van der Waals surface area contributed by atoms with Gasteiger partial charge in [0.15, 0.2) is 5.58 Å². The van der Waals surface area contributed by atoms with Gasteiger partial charge in [0.05, 0.1) is 18.8 Å². The Morgan fingerprint density at radius 2 is 1.86 bits per heavy atom. The lowest BCUT2D eigenvalue weighted by molar-refractivity contribution is 0.479. The van der Waals surface area contributed by atoms with Crippen LogP contribution in [0.2, 0.25) is 0 Å². The Morgan fingerprint density at radius 3 is 2.82 bits per heavy atom. The Balaban J connectivity index is 1.36. The molecule has 28 heavy (non-hydrogen) atoms. The monoisotopic (exact) mass is 369 g/mol. The van der Waals surface area contributed by atoms with Crippen molar-refractivity contribution in [1.29, 1.82) is 0 Å². The molecule has 0 saturated heterocycles. The van der Waals surface area contributed by atoms with Gasteiger partial charge in [0.25, 0.3) is 6.01 Å². The zero-order valence-electron chi connectivity index (χ0n) is 15.5. The van der Waals surface area contributed by atoms with E-state index in [1.54, 1.807) is 0 Å². The summed E-state index contributed by atoms with van der Waals surface area (Å²) in [5, 5.41) is 5.57. The molecule has 0 fully saturated rings. The number of rotatable bonds is 2. The fourth-order valence-electron chi connectivity index (χ4n) is 4.04. The summed E-state index contributed by atoms with van der Waals surface area (Å²) in [6.07, 6.45) is 3.94. The number of hydrogen-bond acceptors (Lipinski definition) is 4. The van der Waals surface area contributed by atoms with E-state index in [-0.39, 0.29) is 0 Å². The number of aryl methyl sites for hydroxylation is 1. The fraction of sp³-hybridized carbons (Fsp3) is 0.182. The Kier molecular flexibility index (Phi) is 3.17. The number of anilines is 1. The maximum Gasteiger partial charge on any atom is 0.298 e. The highest BCUT2D eigenvalue weighted by atomic mass is 16.4. The van der Waals surface area contributed by atoms with Crippen molar-refractivity contribution >= 4 is 28.0 Å². The first-order valence-corrected chi connectivity index (χ1v) is 9.46. The van der Waals surface area contributed by atoms with E-state index in [1.165, 1.54) is 22.2 Å². The van der Waals surface area contributed by atoms with Crippen molar-refractivity contribution in [3.63, 3.8) is 0 Å². The molecule has 0 radical (unpaired) electrons. The molecule has 5 aromatic rings. The molecule has 2 aromatic carbocycles. The minimum absolute atomic E-state index is 0.679. The van der Waals surface area contributed by atoms with Crippen LogP contribution >= 0.6 is 0 Å². The molecule has 0 N–H and O–H groups in total. The van der Waals surface area contributed by atoms with Gasteiger partial charge in [-0.2, -0.15) is 10.1 Å². The summed E-state index contributed by atoms with van der Waals surface area (Å²) >= 11 is 0. The van der Waals surface area contributed by atoms with Crippen LogP contribution < -0.4 is 4.90 Å². The van der Waals surface area contributed by atoms with Gasteiger partial charge in [0, 0.05) is 36.9 Å². The van der Waals surface area contributed by atoms with Crippen molar-refractivity contribution in [2.75, 3.05) is 11.4 Å². The summed E-state index contributed by atoms with van der Waals surface area (Å²) in [5.41, 5.74) is 6.46. The number of fused-ring (bicyclic) bond motifs is 3. The summed E-state index contributed by atoms with van der Waals surface area (Å²) in [6.45, 7) is 2.47. The van der Waals surface area contributed by atoms with Crippen molar-refractivity contribution < 1.29 is 4.42 Å². The molecule has 0 aliphatic carbocycles. The van der Waals surface area contributed by atoms with Gasteiger partial charge in [-0.05, 0) is 47.5 Å². The fourth-order valence-corrected chi connectivity index (χ4v) is 4.04. The molecule has 1 aliphatic rings. The Bertz CT molecular complexity index is 1330. The molecule has 4 heterocycles. The average Bonchev–Trinajstić information content (AvgIpc) is 3.44. The van der Waals surface area contributed by atoms with Gasteiger partial charge in [-0.3, -0.25) is 4.68 Å². The zero-order valence-corrected chi connectivity index (χ0v) is 15.5.